The highest BCUT2D eigenvalue weighted by molar-refractivity contribution is 6.11. The summed E-state index contributed by atoms with van der Waals surface area (Å²) in [6.07, 6.45) is 2.98. The van der Waals surface area contributed by atoms with Gasteiger partial charge in [-0.05, 0) is 51.8 Å². The summed E-state index contributed by atoms with van der Waals surface area (Å²) < 4.78 is 5.18. The van der Waals surface area contributed by atoms with Crippen LogP contribution in [0.25, 0.3) is 11.4 Å². The highest BCUT2D eigenvalue weighted by atomic mass is 16.2. The van der Waals surface area contributed by atoms with Gasteiger partial charge in [-0.15, -0.1) is 0 Å². The van der Waals surface area contributed by atoms with Crippen LogP contribution in [0.1, 0.15) is 53.1 Å². The second-order valence-electron chi connectivity index (χ2n) is 9.56. The number of ketones is 1. The molecule has 2 aromatic heterocycles. The molecular weight excluding hydrogens is 446 g/mol. The fraction of sp³-hybridized carbons (Fsp3) is 0.385. The average Bonchev–Trinajstić information content (AvgIpc) is 3.53. The number of imide groups is 1. The summed E-state index contributed by atoms with van der Waals surface area (Å²) in [7, 11) is 1.82. The predicted octanol–water partition coefficient (Wildman–Crippen LogP) is 2.94. The van der Waals surface area contributed by atoms with Gasteiger partial charge in [0.1, 0.15) is 11.2 Å². The summed E-state index contributed by atoms with van der Waals surface area (Å²) in [4.78, 5) is 53.4. The van der Waals surface area contributed by atoms with E-state index in [2.05, 4.69) is 5.32 Å². The molecule has 0 radical (unpaired) electrons. The number of benzene rings is 1. The highest BCUT2D eigenvalue weighted by Crippen LogP contribution is 2.35. The van der Waals surface area contributed by atoms with Crippen LogP contribution in [-0.2, 0) is 11.8 Å². The van der Waals surface area contributed by atoms with E-state index in [9.17, 15) is 19.2 Å². The number of aryl methyl sites for hydroxylation is 1. The first-order chi connectivity index (χ1) is 16.7. The van der Waals surface area contributed by atoms with Crippen LogP contribution in [-0.4, -0.2) is 48.6 Å². The summed E-state index contributed by atoms with van der Waals surface area (Å²) in [5, 5.41) is 2.82. The summed E-state index contributed by atoms with van der Waals surface area (Å²) in [6, 6.07) is 10.6. The molecule has 35 heavy (non-hydrogen) atoms. The van der Waals surface area contributed by atoms with E-state index in [4.69, 9.17) is 0 Å². The monoisotopic (exact) mass is 475 g/mol. The smallest absolute Gasteiger partial charge is 0.323 e. The first kappa shape index (κ1) is 22.9. The summed E-state index contributed by atoms with van der Waals surface area (Å²) in [5.41, 5.74) is 2.62. The van der Waals surface area contributed by atoms with Crippen molar-refractivity contribution in [3.63, 3.8) is 0 Å². The number of nitrogens with one attached hydrogen (secondary N) is 1. The van der Waals surface area contributed by atoms with Crippen LogP contribution in [0.5, 0.6) is 0 Å². The van der Waals surface area contributed by atoms with Gasteiger partial charge in [0.15, 0.2) is 5.78 Å². The lowest BCUT2D eigenvalue weighted by atomic mass is 9.98. The zero-order valence-electron chi connectivity index (χ0n) is 20.4. The van der Waals surface area contributed by atoms with Crippen molar-refractivity contribution in [1.29, 1.82) is 0 Å². The average molecular weight is 476 g/mol. The second kappa shape index (κ2) is 8.11. The number of carbonyl (C=O) groups is 3. The van der Waals surface area contributed by atoms with E-state index < -0.39 is 11.6 Å². The molecule has 182 valence electrons. The molecule has 0 atom stereocenters. The normalized spacial score (nSPS) is 17.0. The number of aromatic nitrogens is 3. The number of hydrogen-bond acceptors (Lipinski definition) is 4. The fourth-order valence-corrected chi connectivity index (χ4v) is 5.57. The van der Waals surface area contributed by atoms with Crippen LogP contribution < -0.4 is 10.9 Å². The number of Topliss-reactive ketones (excluding diaryl/α,β-unsaturated/α-hetero) is 1. The summed E-state index contributed by atoms with van der Waals surface area (Å²) in [6.45, 7) is 5.16. The van der Waals surface area contributed by atoms with E-state index in [-0.39, 0.29) is 23.8 Å². The Bertz CT molecular complexity index is 1420. The van der Waals surface area contributed by atoms with Crippen LogP contribution in [0.4, 0.5) is 4.79 Å². The Morgan fingerprint density at radius 3 is 2.31 bits per heavy atom. The predicted molar refractivity (Wildman–Crippen MR) is 130 cm³/mol. The lowest BCUT2D eigenvalue weighted by Crippen LogP contribution is -2.44. The van der Waals surface area contributed by atoms with E-state index >= 15 is 0 Å². The molecule has 5 rings (SSSR count). The molecular formula is C26H29N5O4. The quantitative estimate of drug-likeness (QED) is 0.453. The van der Waals surface area contributed by atoms with E-state index in [0.717, 1.165) is 34.8 Å². The maximum absolute atomic E-state index is 13.5. The third kappa shape index (κ3) is 3.37. The molecule has 1 aromatic carbocycles. The van der Waals surface area contributed by atoms with Crippen molar-refractivity contribution in [1.82, 2.24) is 24.1 Å². The van der Waals surface area contributed by atoms with Gasteiger partial charge in [0, 0.05) is 24.0 Å². The van der Waals surface area contributed by atoms with Crippen LogP contribution in [0.2, 0.25) is 0 Å². The Labute approximate surface area is 202 Å². The van der Waals surface area contributed by atoms with Crippen LogP contribution in [0.3, 0.4) is 0 Å². The van der Waals surface area contributed by atoms with Crippen LogP contribution in [0.15, 0.2) is 41.2 Å². The lowest BCUT2D eigenvalue weighted by molar-refractivity contribution is -0.130. The second-order valence-corrected chi connectivity index (χ2v) is 9.56. The molecule has 1 N–H and O–H groups in total. The van der Waals surface area contributed by atoms with E-state index in [0.29, 0.717) is 29.8 Å². The molecule has 1 saturated heterocycles. The first-order valence-corrected chi connectivity index (χ1v) is 11.9. The number of hydrogen-bond donors (Lipinski definition) is 1. The maximum Gasteiger partial charge on any atom is 0.325 e. The van der Waals surface area contributed by atoms with E-state index in [1.54, 1.807) is 26.9 Å². The highest BCUT2D eigenvalue weighted by Gasteiger charge is 2.52. The zero-order chi connectivity index (χ0) is 25.1. The fourth-order valence-electron chi connectivity index (χ4n) is 5.57. The minimum atomic E-state index is -0.849. The Morgan fingerprint density at radius 1 is 1.00 bits per heavy atom. The SMILES string of the molecule is Cc1cc(C(=O)CN2C(=O)NC3(CCCC3)C2=O)c(C)n1-c1c(C)n(C)n(-c2ccccc2)c1=O. The van der Waals surface area contributed by atoms with Crippen molar-refractivity contribution in [3.05, 3.63) is 69.4 Å². The van der Waals surface area contributed by atoms with Gasteiger partial charge in [-0.1, -0.05) is 31.0 Å². The minimum absolute atomic E-state index is 0.200. The van der Waals surface area contributed by atoms with Crippen LogP contribution >= 0.6 is 0 Å². The molecule has 3 heterocycles. The van der Waals surface area contributed by atoms with Gasteiger partial charge in [-0.3, -0.25) is 24.0 Å². The van der Waals surface area contributed by atoms with Gasteiger partial charge >= 0.3 is 6.03 Å². The van der Waals surface area contributed by atoms with E-state index in [1.807, 2.05) is 51.2 Å². The zero-order valence-corrected chi connectivity index (χ0v) is 20.4. The van der Waals surface area contributed by atoms with Crippen molar-refractivity contribution in [2.45, 2.75) is 52.0 Å². The van der Waals surface area contributed by atoms with Crippen molar-refractivity contribution in [2.24, 2.45) is 7.05 Å². The maximum atomic E-state index is 13.5. The molecule has 3 aromatic rings. The molecule has 1 saturated carbocycles. The number of urea groups is 1. The Morgan fingerprint density at radius 2 is 1.66 bits per heavy atom. The standard InChI is InChI=1S/C26H29N5O4/c1-16-14-20(21(32)15-29-24(34)26(27-25(29)35)12-8-9-13-26)17(2)30(16)22-18(3)28(4)31(23(22)33)19-10-6-5-7-11-19/h5-7,10-11,14H,8-9,12-13,15H2,1-4H3,(H,27,35). The lowest BCUT2D eigenvalue weighted by Gasteiger charge is -2.19. The molecule has 0 unspecified atom stereocenters. The minimum Gasteiger partial charge on any atom is -0.323 e. The van der Waals surface area contributed by atoms with Crippen molar-refractivity contribution in [3.8, 4) is 11.4 Å². The number of nitrogens with zero attached hydrogens (tertiary/aromatic N) is 4. The number of para-hydroxylation sites is 1. The van der Waals surface area contributed by atoms with Gasteiger partial charge in [0.25, 0.3) is 11.5 Å². The number of rotatable bonds is 5. The Hall–Kier alpha value is -3.88. The summed E-state index contributed by atoms with van der Waals surface area (Å²) in [5.74, 6) is -0.647. The Balaban J connectivity index is 1.50. The summed E-state index contributed by atoms with van der Waals surface area (Å²) >= 11 is 0. The van der Waals surface area contributed by atoms with Gasteiger partial charge < -0.3 is 9.88 Å². The molecule has 1 aliphatic carbocycles. The first-order valence-electron chi connectivity index (χ1n) is 11.9. The Kier molecular flexibility index (Phi) is 5.30. The number of amides is 3. The molecule has 9 heteroatoms. The van der Waals surface area contributed by atoms with Crippen molar-refractivity contribution < 1.29 is 14.4 Å². The third-order valence-corrected chi connectivity index (χ3v) is 7.48. The van der Waals surface area contributed by atoms with Crippen molar-refractivity contribution in [2.75, 3.05) is 6.54 Å². The van der Waals surface area contributed by atoms with E-state index in [1.165, 1.54) is 0 Å². The molecule has 1 spiro atoms. The largest absolute Gasteiger partial charge is 0.325 e. The molecule has 3 amide bonds. The molecule has 9 nitrogen and oxygen atoms in total. The van der Waals surface area contributed by atoms with Gasteiger partial charge in [0.05, 0.1) is 17.9 Å². The molecule has 2 aliphatic rings. The topological polar surface area (TPSA) is 98.3 Å². The molecule has 1 aliphatic heterocycles. The van der Waals surface area contributed by atoms with Crippen LogP contribution in [0, 0.1) is 20.8 Å². The van der Waals surface area contributed by atoms with Crippen molar-refractivity contribution >= 4 is 17.7 Å². The molecule has 2 fully saturated rings. The van der Waals surface area contributed by atoms with Gasteiger partial charge in [-0.2, -0.15) is 0 Å². The van der Waals surface area contributed by atoms with Gasteiger partial charge in [-0.25, -0.2) is 9.48 Å². The van der Waals surface area contributed by atoms with Gasteiger partial charge in [0.2, 0.25) is 0 Å². The number of carbonyl (C=O) groups excluding carboxylic acids is 3. The molecule has 0 bridgehead atoms. The third-order valence-electron chi connectivity index (χ3n) is 7.48.